The zero-order chi connectivity index (χ0) is 17.4. The molecule has 6 nitrogen and oxygen atoms in total. The molecule has 0 bridgehead atoms. The van der Waals surface area contributed by atoms with Gasteiger partial charge in [-0.15, -0.1) is 0 Å². The predicted molar refractivity (Wildman–Crippen MR) is 95.9 cm³/mol. The number of hydrogen-bond acceptors (Lipinski definition) is 3. The molecule has 0 unspecified atom stereocenters. The second-order valence-electron chi connectivity index (χ2n) is 7.53. The van der Waals surface area contributed by atoms with Crippen molar-refractivity contribution in [3.63, 3.8) is 0 Å². The van der Waals surface area contributed by atoms with Crippen LogP contribution < -0.4 is 16.0 Å². The maximum absolute atomic E-state index is 11.9. The lowest BCUT2D eigenvalue weighted by Crippen LogP contribution is -2.46. The van der Waals surface area contributed by atoms with E-state index in [4.69, 9.17) is 0 Å². The first kappa shape index (κ1) is 19.0. The number of hydrogen-bond donors (Lipinski definition) is 3. The quantitative estimate of drug-likeness (QED) is 0.663. The van der Waals surface area contributed by atoms with E-state index < -0.39 is 0 Å². The number of rotatable bonds is 7. The summed E-state index contributed by atoms with van der Waals surface area (Å²) in [5.41, 5.74) is 0. The SMILES string of the molecule is CC(C)N1CCC[C@@H](CNC(=O)NCCC(=O)NC2CCCC2)C1. The van der Waals surface area contributed by atoms with Crippen LogP contribution in [0.1, 0.15) is 58.8 Å². The number of nitrogens with zero attached hydrogens (tertiary/aromatic N) is 1. The van der Waals surface area contributed by atoms with E-state index in [2.05, 4.69) is 34.7 Å². The number of piperidine rings is 1. The van der Waals surface area contributed by atoms with E-state index in [-0.39, 0.29) is 11.9 Å². The van der Waals surface area contributed by atoms with E-state index in [0.29, 0.717) is 37.5 Å². The molecular formula is C18H34N4O2. The lowest BCUT2D eigenvalue weighted by atomic mass is 9.97. The molecule has 24 heavy (non-hydrogen) atoms. The number of carbonyl (C=O) groups excluding carboxylic acids is 2. The van der Waals surface area contributed by atoms with Crippen LogP contribution in [0.5, 0.6) is 0 Å². The van der Waals surface area contributed by atoms with Gasteiger partial charge in [0.2, 0.25) is 5.91 Å². The fourth-order valence-electron chi connectivity index (χ4n) is 3.69. The summed E-state index contributed by atoms with van der Waals surface area (Å²) in [7, 11) is 0. The van der Waals surface area contributed by atoms with Gasteiger partial charge in [-0.1, -0.05) is 12.8 Å². The summed E-state index contributed by atoms with van der Waals surface area (Å²) >= 11 is 0. The molecule has 0 spiro atoms. The van der Waals surface area contributed by atoms with E-state index in [9.17, 15) is 9.59 Å². The van der Waals surface area contributed by atoms with Crippen LogP contribution in [0.15, 0.2) is 0 Å². The largest absolute Gasteiger partial charge is 0.353 e. The van der Waals surface area contributed by atoms with Crippen molar-refractivity contribution in [2.45, 2.75) is 70.9 Å². The molecule has 1 atom stereocenters. The van der Waals surface area contributed by atoms with Crippen LogP contribution in [0.3, 0.4) is 0 Å². The van der Waals surface area contributed by atoms with E-state index in [1.54, 1.807) is 0 Å². The van der Waals surface area contributed by atoms with Crippen LogP contribution in [0.2, 0.25) is 0 Å². The molecule has 0 aromatic carbocycles. The maximum atomic E-state index is 11.9. The molecule has 1 aliphatic heterocycles. The van der Waals surface area contributed by atoms with Gasteiger partial charge in [-0.05, 0) is 52.0 Å². The molecule has 138 valence electrons. The topological polar surface area (TPSA) is 73.5 Å². The molecule has 3 amide bonds. The van der Waals surface area contributed by atoms with Crippen LogP contribution >= 0.6 is 0 Å². The van der Waals surface area contributed by atoms with Crippen molar-refractivity contribution in [2.24, 2.45) is 5.92 Å². The van der Waals surface area contributed by atoms with Crippen molar-refractivity contribution in [1.82, 2.24) is 20.9 Å². The van der Waals surface area contributed by atoms with Crippen molar-refractivity contribution in [1.29, 1.82) is 0 Å². The highest BCUT2D eigenvalue weighted by Crippen LogP contribution is 2.18. The number of urea groups is 1. The molecule has 0 aromatic heterocycles. The van der Waals surface area contributed by atoms with Crippen molar-refractivity contribution in [3.8, 4) is 0 Å². The van der Waals surface area contributed by atoms with E-state index in [1.165, 1.54) is 25.7 Å². The Morgan fingerprint density at radius 1 is 1.08 bits per heavy atom. The molecule has 1 aliphatic carbocycles. The second kappa shape index (κ2) is 9.87. The van der Waals surface area contributed by atoms with Gasteiger partial charge in [-0.3, -0.25) is 4.79 Å². The molecule has 1 saturated carbocycles. The Kier molecular flexibility index (Phi) is 7.82. The fraction of sp³-hybridized carbons (Fsp3) is 0.889. The zero-order valence-corrected chi connectivity index (χ0v) is 15.3. The van der Waals surface area contributed by atoms with Gasteiger partial charge in [-0.2, -0.15) is 0 Å². The molecule has 0 radical (unpaired) electrons. The molecule has 1 heterocycles. The molecule has 2 rings (SSSR count). The third kappa shape index (κ3) is 6.67. The third-order valence-corrected chi connectivity index (χ3v) is 5.19. The number of likely N-dealkylation sites (tertiary alicyclic amines) is 1. The van der Waals surface area contributed by atoms with Crippen LogP contribution in [0.4, 0.5) is 4.79 Å². The normalized spacial score (nSPS) is 22.5. The minimum atomic E-state index is -0.162. The van der Waals surface area contributed by atoms with Gasteiger partial charge < -0.3 is 20.9 Å². The highest BCUT2D eigenvalue weighted by atomic mass is 16.2. The summed E-state index contributed by atoms with van der Waals surface area (Å²) in [6, 6.07) is 0.756. The number of carbonyl (C=O) groups is 2. The highest BCUT2D eigenvalue weighted by molar-refractivity contribution is 5.78. The van der Waals surface area contributed by atoms with Crippen LogP contribution in [-0.2, 0) is 4.79 Å². The van der Waals surface area contributed by atoms with Crippen molar-refractivity contribution >= 4 is 11.9 Å². The third-order valence-electron chi connectivity index (χ3n) is 5.19. The fourth-order valence-corrected chi connectivity index (χ4v) is 3.69. The predicted octanol–water partition coefficient (Wildman–Crippen LogP) is 1.85. The number of nitrogens with one attached hydrogen (secondary N) is 3. The van der Waals surface area contributed by atoms with Crippen LogP contribution in [0.25, 0.3) is 0 Å². The van der Waals surface area contributed by atoms with Gasteiger partial charge in [0.15, 0.2) is 0 Å². The monoisotopic (exact) mass is 338 g/mol. The summed E-state index contributed by atoms with van der Waals surface area (Å²) in [6.07, 6.45) is 7.33. The first-order chi connectivity index (χ1) is 11.5. The smallest absolute Gasteiger partial charge is 0.314 e. The minimum absolute atomic E-state index is 0.0436. The Balaban J connectivity index is 1.53. The average Bonchev–Trinajstić information content (AvgIpc) is 3.06. The van der Waals surface area contributed by atoms with E-state index in [1.807, 2.05) is 0 Å². The minimum Gasteiger partial charge on any atom is -0.353 e. The van der Waals surface area contributed by atoms with Crippen molar-refractivity contribution in [2.75, 3.05) is 26.2 Å². The lowest BCUT2D eigenvalue weighted by molar-refractivity contribution is -0.121. The van der Waals surface area contributed by atoms with Crippen molar-refractivity contribution in [3.05, 3.63) is 0 Å². The first-order valence-electron chi connectivity index (χ1n) is 9.59. The van der Waals surface area contributed by atoms with Gasteiger partial charge >= 0.3 is 6.03 Å². The summed E-state index contributed by atoms with van der Waals surface area (Å²) in [5.74, 6) is 0.569. The molecule has 6 heteroatoms. The average molecular weight is 338 g/mol. The Morgan fingerprint density at radius 3 is 2.54 bits per heavy atom. The standard InChI is InChI=1S/C18H34N4O2/c1-14(2)22-11-5-6-15(13-22)12-20-18(24)19-10-9-17(23)21-16-7-3-4-8-16/h14-16H,3-13H2,1-2H3,(H,21,23)(H2,19,20,24)/t15-/m0/s1. The van der Waals surface area contributed by atoms with Crippen LogP contribution in [-0.4, -0.2) is 55.1 Å². The first-order valence-corrected chi connectivity index (χ1v) is 9.59. The Labute approximate surface area is 146 Å². The summed E-state index contributed by atoms with van der Waals surface area (Å²) in [6.45, 7) is 7.77. The highest BCUT2D eigenvalue weighted by Gasteiger charge is 2.22. The van der Waals surface area contributed by atoms with Gasteiger partial charge in [0.05, 0.1) is 0 Å². The van der Waals surface area contributed by atoms with Gasteiger partial charge in [0.25, 0.3) is 0 Å². The van der Waals surface area contributed by atoms with Gasteiger partial charge in [0.1, 0.15) is 0 Å². The maximum Gasteiger partial charge on any atom is 0.314 e. The molecule has 2 fully saturated rings. The Morgan fingerprint density at radius 2 is 1.83 bits per heavy atom. The molecular weight excluding hydrogens is 304 g/mol. The Hall–Kier alpha value is -1.30. The van der Waals surface area contributed by atoms with Crippen molar-refractivity contribution < 1.29 is 9.59 Å². The zero-order valence-electron chi connectivity index (χ0n) is 15.3. The molecule has 1 saturated heterocycles. The molecule has 3 N–H and O–H groups in total. The summed E-state index contributed by atoms with van der Waals surface area (Å²) in [5, 5.41) is 8.77. The van der Waals surface area contributed by atoms with Crippen LogP contribution in [0, 0.1) is 5.92 Å². The lowest BCUT2D eigenvalue weighted by Gasteiger charge is -2.35. The van der Waals surface area contributed by atoms with Gasteiger partial charge in [-0.25, -0.2) is 4.79 Å². The number of amides is 3. The van der Waals surface area contributed by atoms with E-state index in [0.717, 1.165) is 25.9 Å². The Bertz CT molecular complexity index is 408. The molecule has 0 aromatic rings. The van der Waals surface area contributed by atoms with Gasteiger partial charge in [0, 0.05) is 38.1 Å². The second-order valence-corrected chi connectivity index (χ2v) is 7.53. The summed E-state index contributed by atoms with van der Waals surface area (Å²) < 4.78 is 0. The molecule has 2 aliphatic rings. The summed E-state index contributed by atoms with van der Waals surface area (Å²) in [4.78, 5) is 26.1. The van der Waals surface area contributed by atoms with E-state index >= 15 is 0 Å².